The molecule has 2 fully saturated rings. The van der Waals surface area contributed by atoms with Crippen LogP contribution in [0.25, 0.3) is 0 Å². The highest BCUT2D eigenvalue weighted by Gasteiger charge is 2.35. The van der Waals surface area contributed by atoms with Crippen LogP contribution in [-0.2, 0) is 15.9 Å². The molecule has 1 aromatic carbocycles. The smallest absolute Gasteiger partial charge is 0.292 e. The third kappa shape index (κ3) is 4.76. The molecule has 2 heterocycles. The van der Waals surface area contributed by atoms with Crippen LogP contribution in [0.5, 0.6) is 0 Å². The highest BCUT2D eigenvalue weighted by Crippen LogP contribution is 2.34. The van der Waals surface area contributed by atoms with Crippen LogP contribution >= 0.6 is 0 Å². The van der Waals surface area contributed by atoms with Crippen LogP contribution < -0.4 is 4.90 Å². The van der Waals surface area contributed by atoms with Gasteiger partial charge in [0.05, 0.1) is 30.3 Å². The van der Waals surface area contributed by atoms with Gasteiger partial charge in [-0.2, -0.15) is 0 Å². The predicted octanol–water partition coefficient (Wildman–Crippen LogP) is 1.45. The first-order valence-electron chi connectivity index (χ1n) is 9.55. The molecule has 150 valence electrons. The van der Waals surface area contributed by atoms with Gasteiger partial charge in [0.2, 0.25) is 0 Å². The summed E-state index contributed by atoms with van der Waals surface area (Å²) < 4.78 is 11.2. The van der Waals surface area contributed by atoms with E-state index >= 15 is 0 Å². The normalized spacial score (nSPS) is 20.6. The topological polar surface area (TPSA) is 88.3 Å². The standard InChI is InChI=1S/C19H29N3O5/c1-26-19(4-6-20(7-5-19)8-11-23)15-16-2-3-17(18(14-16)22(24)25)21-9-12-27-13-10-21/h2-3,14,23H,4-13,15H2,1H3. The Morgan fingerprint density at radius 2 is 1.96 bits per heavy atom. The van der Waals surface area contributed by atoms with Crippen LogP contribution in [0.1, 0.15) is 18.4 Å². The fourth-order valence-corrected chi connectivity index (χ4v) is 4.05. The van der Waals surface area contributed by atoms with E-state index < -0.39 is 0 Å². The number of anilines is 1. The fourth-order valence-electron chi connectivity index (χ4n) is 4.05. The lowest BCUT2D eigenvalue weighted by Gasteiger charge is -2.41. The summed E-state index contributed by atoms with van der Waals surface area (Å²) in [6.45, 7) is 5.09. The van der Waals surface area contributed by atoms with Gasteiger partial charge in [-0.3, -0.25) is 10.1 Å². The van der Waals surface area contributed by atoms with Gasteiger partial charge in [-0.1, -0.05) is 6.07 Å². The Morgan fingerprint density at radius 3 is 2.56 bits per heavy atom. The number of ether oxygens (including phenoxy) is 2. The molecule has 0 bridgehead atoms. The number of methoxy groups -OCH3 is 1. The van der Waals surface area contributed by atoms with E-state index in [0.717, 1.165) is 31.5 Å². The average molecular weight is 379 g/mol. The zero-order valence-electron chi connectivity index (χ0n) is 15.9. The minimum atomic E-state index is -0.305. The Kier molecular flexibility index (Phi) is 6.64. The van der Waals surface area contributed by atoms with Crippen LogP contribution in [0, 0.1) is 10.1 Å². The van der Waals surface area contributed by atoms with E-state index in [2.05, 4.69) is 4.90 Å². The van der Waals surface area contributed by atoms with Gasteiger partial charge in [0.25, 0.3) is 5.69 Å². The van der Waals surface area contributed by atoms with Crippen LogP contribution in [0.15, 0.2) is 18.2 Å². The van der Waals surface area contributed by atoms with E-state index in [0.29, 0.717) is 45.0 Å². The molecule has 0 radical (unpaired) electrons. The first-order valence-corrected chi connectivity index (χ1v) is 9.55. The van der Waals surface area contributed by atoms with Gasteiger partial charge in [0.1, 0.15) is 5.69 Å². The molecule has 0 unspecified atom stereocenters. The number of nitrogens with zero attached hydrogens (tertiary/aromatic N) is 3. The van der Waals surface area contributed by atoms with Crippen LogP contribution in [0.2, 0.25) is 0 Å². The van der Waals surface area contributed by atoms with Crippen molar-refractivity contribution in [2.45, 2.75) is 24.9 Å². The molecule has 0 saturated carbocycles. The third-order valence-electron chi connectivity index (χ3n) is 5.73. The van der Waals surface area contributed by atoms with E-state index in [1.807, 2.05) is 17.0 Å². The number of hydrogen-bond acceptors (Lipinski definition) is 7. The van der Waals surface area contributed by atoms with Crippen molar-refractivity contribution in [3.05, 3.63) is 33.9 Å². The number of benzene rings is 1. The van der Waals surface area contributed by atoms with Crippen molar-refractivity contribution in [1.82, 2.24) is 4.90 Å². The second-order valence-electron chi connectivity index (χ2n) is 7.31. The summed E-state index contributed by atoms with van der Waals surface area (Å²) in [5, 5.41) is 20.8. The molecular formula is C19H29N3O5. The molecule has 27 heavy (non-hydrogen) atoms. The monoisotopic (exact) mass is 379 g/mol. The lowest BCUT2D eigenvalue weighted by Crippen LogP contribution is -2.47. The predicted molar refractivity (Wildman–Crippen MR) is 102 cm³/mol. The first-order chi connectivity index (χ1) is 13.1. The summed E-state index contributed by atoms with van der Waals surface area (Å²) in [6, 6.07) is 5.55. The molecule has 8 nitrogen and oxygen atoms in total. The highest BCUT2D eigenvalue weighted by molar-refractivity contribution is 5.64. The number of nitro benzene ring substituents is 1. The summed E-state index contributed by atoms with van der Waals surface area (Å²) in [5.41, 5.74) is 1.44. The van der Waals surface area contributed by atoms with E-state index in [1.54, 1.807) is 13.2 Å². The van der Waals surface area contributed by atoms with Crippen LogP contribution in [0.4, 0.5) is 11.4 Å². The van der Waals surface area contributed by atoms with Crippen molar-refractivity contribution in [2.75, 3.05) is 64.6 Å². The molecule has 0 aromatic heterocycles. The van der Waals surface area contributed by atoms with E-state index in [-0.39, 0.29) is 22.8 Å². The quantitative estimate of drug-likeness (QED) is 0.566. The molecule has 8 heteroatoms. The number of rotatable bonds is 7. The maximum atomic E-state index is 11.7. The van der Waals surface area contributed by atoms with Crippen molar-refractivity contribution in [1.29, 1.82) is 0 Å². The van der Waals surface area contributed by atoms with Crippen molar-refractivity contribution in [2.24, 2.45) is 0 Å². The number of β-amino-alcohol motifs (C(OH)–C–C–N with tert-alkyl or cyclic N) is 1. The number of aliphatic hydroxyl groups excluding tert-OH is 1. The van der Waals surface area contributed by atoms with Crippen molar-refractivity contribution in [3.63, 3.8) is 0 Å². The Labute approximate surface area is 159 Å². The maximum absolute atomic E-state index is 11.7. The molecule has 2 aliphatic heterocycles. The van der Waals surface area contributed by atoms with Crippen molar-refractivity contribution < 1.29 is 19.5 Å². The minimum Gasteiger partial charge on any atom is -0.395 e. The molecule has 1 aromatic rings. The van der Waals surface area contributed by atoms with Gasteiger partial charge in [-0.25, -0.2) is 0 Å². The number of hydrogen-bond donors (Lipinski definition) is 1. The summed E-state index contributed by atoms with van der Waals surface area (Å²) in [7, 11) is 1.72. The zero-order valence-corrected chi connectivity index (χ0v) is 15.9. The van der Waals surface area contributed by atoms with Crippen molar-refractivity contribution in [3.8, 4) is 0 Å². The third-order valence-corrected chi connectivity index (χ3v) is 5.73. The Bertz CT molecular complexity index is 640. The number of piperidine rings is 1. The SMILES string of the molecule is COC1(Cc2ccc(N3CCOCC3)c([N+](=O)[O-])c2)CCN(CCO)CC1. The summed E-state index contributed by atoms with van der Waals surface area (Å²) in [4.78, 5) is 15.6. The molecule has 1 N–H and O–H groups in total. The lowest BCUT2D eigenvalue weighted by molar-refractivity contribution is -0.384. The Morgan fingerprint density at radius 1 is 1.26 bits per heavy atom. The molecule has 0 aliphatic carbocycles. The van der Waals surface area contributed by atoms with Crippen LogP contribution in [0.3, 0.4) is 0 Å². The maximum Gasteiger partial charge on any atom is 0.292 e. The van der Waals surface area contributed by atoms with E-state index in [1.165, 1.54) is 0 Å². The second-order valence-corrected chi connectivity index (χ2v) is 7.31. The lowest BCUT2D eigenvalue weighted by atomic mass is 9.84. The highest BCUT2D eigenvalue weighted by atomic mass is 16.6. The first kappa shape index (κ1) is 20.0. The number of nitro groups is 1. The Balaban J connectivity index is 1.76. The van der Waals surface area contributed by atoms with Crippen molar-refractivity contribution >= 4 is 11.4 Å². The van der Waals surface area contributed by atoms with Gasteiger partial charge in [0, 0.05) is 52.3 Å². The summed E-state index contributed by atoms with van der Waals surface area (Å²) >= 11 is 0. The fraction of sp³-hybridized carbons (Fsp3) is 0.684. The molecule has 0 atom stereocenters. The van der Waals surface area contributed by atoms with Gasteiger partial charge < -0.3 is 24.4 Å². The average Bonchev–Trinajstić information content (AvgIpc) is 2.70. The zero-order chi connectivity index (χ0) is 19.3. The molecule has 0 amide bonds. The van der Waals surface area contributed by atoms with Gasteiger partial charge >= 0.3 is 0 Å². The Hall–Kier alpha value is -1.74. The number of morpholine rings is 1. The number of aliphatic hydroxyl groups is 1. The molecule has 2 aliphatic rings. The van der Waals surface area contributed by atoms with Gasteiger partial charge in [-0.05, 0) is 24.5 Å². The molecule has 3 rings (SSSR count). The summed E-state index contributed by atoms with van der Waals surface area (Å²) in [6.07, 6.45) is 2.35. The van der Waals surface area contributed by atoms with E-state index in [9.17, 15) is 10.1 Å². The van der Waals surface area contributed by atoms with E-state index in [4.69, 9.17) is 14.6 Å². The largest absolute Gasteiger partial charge is 0.395 e. The molecule has 2 saturated heterocycles. The molecule has 0 spiro atoms. The van der Waals surface area contributed by atoms with Gasteiger partial charge in [0.15, 0.2) is 0 Å². The number of likely N-dealkylation sites (tertiary alicyclic amines) is 1. The summed E-state index contributed by atoms with van der Waals surface area (Å²) in [5.74, 6) is 0. The van der Waals surface area contributed by atoms with Gasteiger partial charge in [-0.15, -0.1) is 0 Å². The second kappa shape index (κ2) is 8.97. The molecular weight excluding hydrogens is 350 g/mol. The minimum absolute atomic E-state index is 0.151. The van der Waals surface area contributed by atoms with Crippen LogP contribution in [-0.4, -0.2) is 80.2 Å².